The predicted molar refractivity (Wildman–Crippen MR) is 67.2 cm³/mol. The second kappa shape index (κ2) is 6.22. The van der Waals surface area contributed by atoms with Gasteiger partial charge in [-0.15, -0.1) is 23.1 Å². The number of thioether (sulfide) groups is 1. The number of aliphatic hydroxyl groups is 1. The molecule has 1 heterocycles. The molecule has 0 saturated carbocycles. The SMILES string of the molecule is CCCCSc1sc(C(C)O)cc1[N+](=O)[O-]. The number of hydrogen-bond acceptors (Lipinski definition) is 5. The number of unbranched alkanes of at least 4 members (excludes halogenated alkanes) is 1. The van der Waals surface area contributed by atoms with Gasteiger partial charge in [0.1, 0.15) is 4.21 Å². The molecule has 4 nitrogen and oxygen atoms in total. The molecule has 1 aromatic heterocycles. The molecule has 0 bridgehead atoms. The van der Waals surface area contributed by atoms with Crippen LogP contribution in [0, 0.1) is 10.1 Å². The maximum Gasteiger partial charge on any atom is 0.294 e. The molecule has 1 aromatic rings. The summed E-state index contributed by atoms with van der Waals surface area (Å²) in [6.45, 7) is 3.71. The van der Waals surface area contributed by atoms with Crippen molar-refractivity contribution in [2.75, 3.05) is 5.75 Å². The van der Waals surface area contributed by atoms with Gasteiger partial charge in [0.25, 0.3) is 5.69 Å². The summed E-state index contributed by atoms with van der Waals surface area (Å²) in [5, 5.41) is 20.2. The van der Waals surface area contributed by atoms with Gasteiger partial charge in [0.15, 0.2) is 0 Å². The Morgan fingerprint density at radius 3 is 2.88 bits per heavy atom. The van der Waals surface area contributed by atoms with Crippen molar-refractivity contribution in [2.24, 2.45) is 0 Å². The standard InChI is InChI=1S/C10H15NO3S2/c1-3-4-5-15-10-8(11(13)14)6-9(16-10)7(2)12/h6-7,12H,3-5H2,1-2H3. The first-order chi connectivity index (χ1) is 7.56. The summed E-state index contributed by atoms with van der Waals surface area (Å²) in [4.78, 5) is 11.1. The zero-order valence-corrected chi connectivity index (χ0v) is 10.9. The molecule has 0 aromatic carbocycles. The van der Waals surface area contributed by atoms with Gasteiger partial charge >= 0.3 is 0 Å². The van der Waals surface area contributed by atoms with Crippen LogP contribution in [-0.2, 0) is 0 Å². The fourth-order valence-corrected chi connectivity index (χ4v) is 3.60. The third-order valence-electron chi connectivity index (χ3n) is 2.04. The molecule has 0 spiro atoms. The van der Waals surface area contributed by atoms with Crippen LogP contribution in [0.2, 0.25) is 0 Å². The molecule has 0 radical (unpaired) electrons. The summed E-state index contributed by atoms with van der Waals surface area (Å²) in [6.07, 6.45) is 1.49. The Balaban J connectivity index is 2.83. The van der Waals surface area contributed by atoms with Crippen LogP contribution in [0.5, 0.6) is 0 Å². The number of nitrogens with zero attached hydrogens (tertiary/aromatic N) is 1. The molecular formula is C10H15NO3S2. The van der Waals surface area contributed by atoms with E-state index in [0.29, 0.717) is 9.09 Å². The number of hydrogen-bond donors (Lipinski definition) is 1. The van der Waals surface area contributed by atoms with Crippen molar-refractivity contribution < 1.29 is 10.0 Å². The van der Waals surface area contributed by atoms with Crippen LogP contribution in [-0.4, -0.2) is 15.8 Å². The van der Waals surface area contributed by atoms with Crippen LogP contribution in [0.3, 0.4) is 0 Å². The van der Waals surface area contributed by atoms with E-state index in [1.54, 1.807) is 6.92 Å². The van der Waals surface area contributed by atoms with E-state index in [2.05, 4.69) is 6.92 Å². The van der Waals surface area contributed by atoms with Gasteiger partial charge in [-0.25, -0.2) is 0 Å². The van der Waals surface area contributed by atoms with Crippen molar-refractivity contribution in [3.63, 3.8) is 0 Å². The molecular weight excluding hydrogens is 246 g/mol. The van der Waals surface area contributed by atoms with Crippen LogP contribution < -0.4 is 0 Å². The molecule has 0 aliphatic rings. The minimum Gasteiger partial charge on any atom is -0.388 e. The van der Waals surface area contributed by atoms with E-state index in [0.717, 1.165) is 18.6 Å². The fraction of sp³-hybridized carbons (Fsp3) is 0.600. The first kappa shape index (κ1) is 13.5. The van der Waals surface area contributed by atoms with Crippen LogP contribution in [0.1, 0.15) is 37.7 Å². The van der Waals surface area contributed by atoms with E-state index in [1.807, 2.05) is 0 Å². The number of aliphatic hydroxyl groups excluding tert-OH is 1. The maximum absolute atomic E-state index is 10.8. The third-order valence-corrected chi connectivity index (χ3v) is 4.70. The highest BCUT2D eigenvalue weighted by molar-refractivity contribution is 8.01. The van der Waals surface area contributed by atoms with Gasteiger partial charge in [-0.3, -0.25) is 10.1 Å². The molecule has 1 unspecified atom stereocenters. The number of rotatable bonds is 6. The lowest BCUT2D eigenvalue weighted by Crippen LogP contribution is -1.88. The van der Waals surface area contributed by atoms with Gasteiger partial charge < -0.3 is 5.11 Å². The second-order valence-electron chi connectivity index (χ2n) is 3.46. The Hall–Kier alpha value is -0.590. The third kappa shape index (κ3) is 3.47. The summed E-state index contributed by atoms with van der Waals surface area (Å²) in [5.41, 5.74) is 0.127. The normalized spacial score (nSPS) is 12.7. The van der Waals surface area contributed by atoms with Gasteiger partial charge in [0.2, 0.25) is 0 Å². The van der Waals surface area contributed by atoms with Crippen molar-refractivity contribution >= 4 is 28.8 Å². The molecule has 0 aliphatic heterocycles. The molecule has 1 N–H and O–H groups in total. The highest BCUT2D eigenvalue weighted by Crippen LogP contribution is 2.40. The first-order valence-electron chi connectivity index (χ1n) is 5.15. The Bertz CT molecular complexity index is 363. The van der Waals surface area contributed by atoms with Crippen LogP contribution >= 0.6 is 23.1 Å². The lowest BCUT2D eigenvalue weighted by molar-refractivity contribution is -0.387. The summed E-state index contributed by atoms with van der Waals surface area (Å²) < 4.78 is 0.703. The molecule has 0 fully saturated rings. The fourth-order valence-electron chi connectivity index (χ4n) is 1.13. The molecule has 0 saturated heterocycles. The summed E-state index contributed by atoms with van der Waals surface area (Å²) in [5.74, 6) is 0.886. The quantitative estimate of drug-likeness (QED) is 0.368. The van der Waals surface area contributed by atoms with Gasteiger partial charge in [-0.2, -0.15) is 0 Å². The average molecular weight is 261 g/mol. The predicted octanol–water partition coefficient (Wildman–Crippen LogP) is 3.60. The van der Waals surface area contributed by atoms with E-state index in [1.165, 1.54) is 29.2 Å². The van der Waals surface area contributed by atoms with Crippen LogP contribution in [0.4, 0.5) is 5.69 Å². The van der Waals surface area contributed by atoms with Gasteiger partial charge in [-0.05, 0) is 19.1 Å². The first-order valence-corrected chi connectivity index (χ1v) is 6.95. The Morgan fingerprint density at radius 1 is 1.69 bits per heavy atom. The minimum absolute atomic E-state index is 0.127. The van der Waals surface area contributed by atoms with Gasteiger partial charge in [0.05, 0.1) is 11.0 Å². The van der Waals surface area contributed by atoms with Crippen molar-refractivity contribution in [2.45, 2.75) is 37.0 Å². The molecule has 6 heteroatoms. The highest BCUT2D eigenvalue weighted by Gasteiger charge is 2.20. The van der Waals surface area contributed by atoms with Crippen molar-refractivity contribution in [1.29, 1.82) is 0 Å². The molecule has 16 heavy (non-hydrogen) atoms. The maximum atomic E-state index is 10.8. The van der Waals surface area contributed by atoms with E-state index in [-0.39, 0.29) is 10.6 Å². The van der Waals surface area contributed by atoms with Crippen molar-refractivity contribution in [3.05, 3.63) is 21.1 Å². The summed E-state index contributed by atoms with van der Waals surface area (Å²) >= 11 is 2.82. The molecule has 1 rings (SSSR count). The van der Waals surface area contributed by atoms with E-state index in [9.17, 15) is 15.2 Å². The molecule has 0 amide bonds. The van der Waals surface area contributed by atoms with Crippen molar-refractivity contribution in [1.82, 2.24) is 0 Å². The highest BCUT2D eigenvalue weighted by atomic mass is 32.2. The Morgan fingerprint density at radius 2 is 2.38 bits per heavy atom. The van der Waals surface area contributed by atoms with Crippen LogP contribution in [0.25, 0.3) is 0 Å². The monoisotopic (exact) mass is 261 g/mol. The number of nitro groups is 1. The van der Waals surface area contributed by atoms with Gasteiger partial charge in [-0.1, -0.05) is 13.3 Å². The van der Waals surface area contributed by atoms with E-state index >= 15 is 0 Å². The smallest absolute Gasteiger partial charge is 0.294 e. The second-order valence-corrected chi connectivity index (χ2v) is 5.90. The molecule has 1 atom stereocenters. The number of thiophene rings is 1. The molecule has 0 aliphatic carbocycles. The largest absolute Gasteiger partial charge is 0.388 e. The summed E-state index contributed by atoms with van der Waals surface area (Å²) in [7, 11) is 0. The van der Waals surface area contributed by atoms with E-state index < -0.39 is 6.10 Å². The van der Waals surface area contributed by atoms with Crippen LogP contribution in [0.15, 0.2) is 10.3 Å². The van der Waals surface area contributed by atoms with Crippen molar-refractivity contribution in [3.8, 4) is 0 Å². The van der Waals surface area contributed by atoms with E-state index in [4.69, 9.17) is 0 Å². The average Bonchev–Trinajstić information content (AvgIpc) is 2.62. The zero-order chi connectivity index (χ0) is 12.1. The zero-order valence-electron chi connectivity index (χ0n) is 9.30. The lowest BCUT2D eigenvalue weighted by atomic mass is 10.3. The molecule has 90 valence electrons. The lowest BCUT2D eigenvalue weighted by Gasteiger charge is -1.97. The topological polar surface area (TPSA) is 63.4 Å². The Labute approximate surface area is 103 Å². The summed E-state index contributed by atoms with van der Waals surface area (Å²) in [6, 6.07) is 1.48. The Kier molecular flexibility index (Phi) is 5.24. The van der Waals surface area contributed by atoms with Gasteiger partial charge in [0, 0.05) is 10.9 Å². The minimum atomic E-state index is -0.635.